The maximum Gasteiger partial charge on any atom is 0.408 e. The third kappa shape index (κ3) is 6.66. The first-order valence-electron chi connectivity index (χ1n) is 13.0. The number of nitrogens with one attached hydrogen (secondary N) is 1. The maximum atomic E-state index is 13.7. The molecule has 0 saturated carbocycles. The van der Waals surface area contributed by atoms with Crippen molar-refractivity contribution < 1.29 is 33.5 Å². The van der Waals surface area contributed by atoms with Crippen LogP contribution in [-0.4, -0.2) is 64.8 Å². The van der Waals surface area contributed by atoms with Crippen molar-refractivity contribution in [3.63, 3.8) is 0 Å². The van der Waals surface area contributed by atoms with E-state index in [4.69, 9.17) is 14.2 Å². The van der Waals surface area contributed by atoms with Crippen molar-refractivity contribution in [3.8, 4) is 0 Å². The third-order valence-corrected chi connectivity index (χ3v) is 6.77. The predicted octanol–water partition coefficient (Wildman–Crippen LogP) is 4.11. The van der Waals surface area contributed by atoms with Crippen LogP contribution < -0.4 is 5.32 Å². The summed E-state index contributed by atoms with van der Waals surface area (Å²) >= 11 is 0. The molecule has 2 aromatic carbocycles. The molecule has 2 aliphatic rings. The highest BCUT2D eigenvalue weighted by atomic mass is 16.6. The molecule has 1 fully saturated rings. The molecule has 0 radical (unpaired) electrons. The second kappa shape index (κ2) is 11.9. The van der Waals surface area contributed by atoms with Crippen LogP contribution >= 0.6 is 0 Å². The molecule has 0 bridgehead atoms. The highest BCUT2D eigenvalue weighted by Gasteiger charge is 2.42. The normalized spacial score (nSPS) is 22.4. The zero-order valence-electron chi connectivity index (χ0n) is 22.7. The number of carbonyl (C=O) groups is 3. The molecule has 1 N–H and O–H groups in total. The molecule has 11 heteroatoms. The number of nitrogens with zero attached hydrogens (tertiary/aromatic N) is 2. The monoisotopic (exact) mass is 551 g/mol. The third-order valence-electron chi connectivity index (χ3n) is 6.77. The highest BCUT2D eigenvalue weighted by molar-refractivity contribution is 5.90. The van der Waals surface area contributed by atoms with Crippen molar-refractivity contribution in [2.75, 3.05) is 13.2 Å². The molecule has 0 aromatic heterocycles. The molecule has 2 aromatic rings. The Hall–Kier alpha value is -4.25. The van der Waals surface area contributed by atoms with Gasteiger partial charge in [0.15, 0.2) is 0 Å². The molecule has 0 unspecified atom stereocenters. The van der Waals surface area contributed by atoms with Gasteiger partial charge >= 0.3 is 12.1 Å². The molecule has 2 amide bonds. The van der Waals surface area contributed by atoms with Gasteiger partial charge in [0.1, 0.15) is 17.8 Å². The van der Waals surface area contributed by atoms with Crippen LogP contribution in [-0.2, 0) is 25.4 Å². The predicted molar refractivity (Wildman–Crippen MR) is 145 cm³/mol. The Morgan fingerprint density at radius 2 is 1.85 bits per heavy atom. The van der Waals surface area contributed by atoms with Crippen LogP contribution in [0.1, 0.15) is 54.7 Å². The Kier molecular flexibility index (Phi) is 8.53. The van der Waals surface area contributed by atoms with E-state index in [0.717, 1.165) is 11.1 Å². The first-order valence-corrected chi connectivity index (χ1v) is 13.0. The average molecular weight is 552 g/mol. The average Bonchev–Trinajstić information content (AvgIpc) is 2.91. The van der Waals surface area contributed by atoms with Gasteiger partial charge in [-0.1, -0.05) is 30.3 Å². The summed E-state index contributed by atoms with van der Waals surface area (Å²) in [5, 5.41) is 13.7. The number of non-ortho nitro benzene ring substituents is 1. The molecule has 2 heterocycles. The molecule has 212 valence electrons. The summed E-state index contributed by atoms with van der Waals surface area (Å²) in [5.74, 6) is -1.00. The number of nitro groups is 1. The molecule has 40 heavy (non-hydrogen) atoms. The molecule has 2 aliphatic heterocycles. The molecule has 0 spiro atoms. The lowest BCUT2D eigenvalue weighted by Gasteiger charge is -2.41. The molecule has 4 rings (SSSR count). The van der Waals surface area contributed by atoms with E-state index in [0.29, 0.717) is 13.0 Å². The SMILES string of the molecule is C=C[C@H]1c2ccccc2CCN1C(=O)[C@H]1C[C@@H](NC(=O)OC(C)(C)C)[C@H](OC(=O)c2ccc([N+](=O)[O-])cc2)CO1. The summed E-state index contributed by atoms with van der Waals surface area (Å²) in [6.45, 7) is 9.42. The number of amides is 2. The van der Waals surface area contributed by atoms with Crippen LogP contribution in [0.25, 0.3) is 0 Å². The Morgan fingerprint density at radius 3 is 2.50 bits per heavy atom. The van der Waals surface area contributed by atoms with E-state index in [9.17, 15) is 24.5 Å². The Labute approximate surface area is 232 Å². The topological polar surface area (TPSA) is 137 Å². The fourth-order valence-corrected chi connectivity index (χ4v) is 4.89. The van der Waals surface area contributed by atoms with Crippen LogP contribution in [0.15, 0.2) is 61.2 Å². The van der Waals surface area contributed by atoms with Gasteiger partial charge in [0.05, 0.1) is 29.2 Å². The van der Waals surface area contributed by atoms with Gasteiger partial charge in [-0.3, -0.25) is 14.9 Å². The zero-order valence-corrected chi connectivity index (χ0v) is 22.7. The Bertz CT molecular complexity index is 1290. The summed E-state index contributed by atoms with van der Waals surface area (Å²) < 4.78 is 16.9. The van der Waals surface area contributed by atoms with Crippen molar-refractivity contribution >= 4 is 23.7 Å². The molecule has 11 nitrogen and oxygen atoms in total. The largest absolute Gasteiger partial charge is 0.454 e. The van der Waals surface area contributed by atoms with Crippen molar-refractivity contribution in [2.24, 2.45) is 0 Å². The lowest BCUT2D eigenvalue weighted by atomic mass is 9.91. The van der Waals surface area contributed by atoms with Crippen molar-refractivity contribution in [2.45, 2.75) is 63.5 Å². The van der Waals surface area contributed by atoms with Gasteiger partial charge in [-0.05, 0) is 50.5 Å². The van der Waals surface area contributed by atoms with E-state index in [2.05, 4.69) is 11.9 Å². The summed E-state index contributed by atoms with van der Waals surface area (Å²) in [6.07, 6.45) is -0.104. The molecular weight excluding hydrogens is 518 g/mol. The van der Waals surface area contributed by atoms with Crippen molar-refractivity contribution in [1.29, 1.82) is 0 Å². The number of rotatable bonds is 6. The van der Waals surface area contributed by atoms with Crippen LogP contribution in [0.4, 0.5) is 10.5 Å². The fourth-order valence-electron chi connectivity index (χ4n) is 4.89. The second-order valence-electron chi connectivity index (χ2n) is 10.7. The first kappa shape index (κ1) is 28.8. The van der Waals surface area contributed by atoms with Crippen LogP contribution in [0.3, 0.4) is 0 Å². The van der Waals surface area contributed by atoms with Crippen LogP contribution in [0.2, 0.25) is 0 Å². The Morgan fingerprint density at radius 1 is 1.15 bits per heavy atom. The lowest BCUT2D eigenvalue weighted by Crippen LogP contribution is -2.57. The van der Waals surface area contributed by atoms with Gasteiger partial charge in [-0.25, -0.2) is 9.59 Å². The molecule has 1 saturated heterocycles. The van der Waals surface area contributed by atoms with Crippen LogP contribution in [0.5, 0.6) is 0 Å². The first-order chi connectivity index (χ1) is 19.0. The number of hydrogen-bond donors (Lipinski definition) is 1. The quantitative estimate of drug-likeness (QED) is 0.245. The molecule has 0 aliphatic carbocycles. The number of fused-ring (bicyclic) bond motifs is 1. The number of esters is 1. The molecular formula is C29H33N3O8. The van der Waals surface area contributed by atoms with E-state index in [1.165, 1.54) is 24.3 Å². The highest BCUT2D eigenvalue weighted by Crippen LogP contribution is 2.32. The van der Waals surface area contributed by atoms with Crippen molar-refractivity contribution in [3.05, 3.63) is 88.0 Å². The van der Waals surface area contributed by atoms with E-state index in [1.807, 2.05) is 24.3 Å². The number of benzene rings is 2. The standard InChI is InChI=1S/C29H33N3O8/c1-5-23-21-9-7-6-8-18(21)14-15-31(23)26(33)24-16-22(30-28(35)40-29(2,3)4)25(17-38-24)39-27(34)19-10-12-20(13-11-19)32(36)37/h5-13,22-25H,1,14-17H2,2-4H3,(H,30,35)/t22-,23+,24-,25-/m1/s1. The smallest absolute Gasteiger partial charge is 0.408 e. The van der Waals surface area contributed by atoms with Crippen LogP contribution in [0, 0.1) is 10.1 Å². The van der Waals surface area contributed by atoms with E-state index in [-0.39, 0.29) is 36.2 Å². The van der Waals surface area contributed by atoms with Gasteiger partial charge in [0.2, 0.25) is 0 Å². The van der Waals surface area contributed by atoms with Crippen molar-refractivity contribution in [1.82, 2.24) is 10.2 Å². The molecule has 4 atom stereocenters. The summed E-state index contributed by atoms with van der Waals surface area (Å²) in [4.78, 5) is 51.2. The summed E-state index contributed by atoms with van der Waals surface area (Å²) in [7, 11) is 0. The number of carbonyl (C=O) groups excluding carboxylic acids is 3. The summed E-state index contributed by atoms with van der Waals surface area (Å²) in [5.41, 5.74) is 1.32. The minimum atomic E-state index is -0.934. The lowest BCUT2D eigenvalue weighted by molar-refractivity contribution is -0.384. The van der Waals surface area contributed by atoms with Gasteiger partial charge in [-0.2, -0.15) is 0 Å². The van der Waals surface area contributed by atoms with Gasteiger partial charge in [-0.15, -0.1) is 6.58 Å². The van der Waals surface area contributed by atoms with E-state index >= 15 is 0 Å². The van der Waals surface area contributed by atoms with Gasteiger partial charge < -0.3 is 24.4 Å². The van der Waals surface area contributed by atoms with E-state index in [1.54, 1.807) is 31.7 Å². The van der Waals surface area contributed by atoms with Gasteiger partial charge in [0, 0.05) is 25.1 Å². The van der Waals surface area contributed by atoms with E-state index < -0.39 is 40.8 Å². The second-order valence-corrected chi connectivity index (χ2v) is 10.7. The number of hydrogen-bond acceptors (Lipinski definition) is 8. The minimum Gasteiger partial charge on any atom is -0.454 e. The fraction of sp³-hybridized carbons (Fsp3) is 0.414. The summed E-state index contributed by atoms with van der Waals surface area (Å²) in [6, 6.07) is 11.8. The maximum absolute atomic E-state index is 13.7. The zero-order chi connectivity index (χ0) is 29.0. The number of ether oxygens (including phenoxy) is 3. The number of nitro benzene ring substituents is 1. The number of alkyl carbamates (subject to hydrolysis) is 1. The van der Waals surface area contributed by atoms with Gasteiger partial charge in [0.25, 0.3) is 11.6 Å². The Balaban J connectivity index is 1.50. The minimum absolute atomic E-state index is 0.0400.